The number of hydrogen-bond donors (Lipinski definition) is 1. The smallest absolute Gasteiger partial charge is 0.344 e. The lowest BCUT2D eigenvalue weighted by Gasteiger charge is -2.08. The van der Waals surface area contributed by atoms with Gasteiger partial charge in [0.1, 0.15) is 28.7 Å². The number of aliphatic hydroxyl groups is 1. The molecule has 0 fully saturated rings. The summed E-state index contributed by atoms with van der Waals surface area (Å²) in [5.74, 6) is 1.07. The minimum absolute atomic E-state index is 0.00297. The third kappa shape index (κ3) is 5.88. The van der Waals surface area contributed by atoms with Crippen molar-refractivity contribution in [2.45, 2.75) is 6.92 Å². The van der Waals surface area contributed by atoms with Gasteiger partial charge in [-0.2, -0.15) is 0 Å². The second-order valence-corrected chi connectivity index (χ2v) is 8.79. The number of aliphatic hydroxyl groups excluding tert-OH is 1. The summed E-state index contributed by atoms with van der Waals surface area (Å²) in [7, 11) is 0. The molecule has 1 aliphatic heterocycles. The van der Waals surface area contributed by atoms with Crippen LogP contribution in [0.1, 0.15) is 22.8 Å². The maximum atomic E-state index is 12.7. The molecule has 0 saturated carbocycles. The number of esters is 1. The summed E-state index contributed by atoms with van der Waals surface area (Å²) in [5.41, 5.74) is 0.564. The number of halogens is 2. The first-order valence-corrected chi connectivity index (χ1v) is 11.6. The number of terminal acetylenes is 1. The zero-order valence-electron chi connectivity index (χ0n) is 17.3. The molecule has 1 amide bonds. The molecule has 2 aromatic rings. The van der Waals surface area contributed by atoms with Gasteiger partial charge >= 0.3 is 5.97 Å². The van der Waals surface area contributed by atoms with Gasteiger partial charge in [-0.1, -0.05) is 57.3 Å². The first-order chi connectivity index (χ1) is 15.8. The standard InChI is InChI=1S/C24H17BrClNO5S/c1-3-11-32-18-10-9-15(25)12-14(18)13-19-21(28)20(24(30)31-4-2)23(33-19)27-22(29)16-7-5-6-8-17(16)26/h1,5-10,12-13,28H,4,11H2,2H3. The summed E-state index contributed by atoms with van der Waals surface area (Å²) < 4.78 is 11.4. The average molecular weight is 547 g/mol. The van der Waals surface area contributed by atoms with Crippen molar-refractivity contribution in [3.63, 3.8) is 0 Å². The van der Waals surface area contributed by atoms with Crippen LogP contribution in [0, 0.1) is 12.3 Å². The highest BCUT2D eigenvalue weighted by Crippen LogP contribution is 2.40. The van der Waals surface area contributed by atoms with Crippen LogP contribution in [0.5, 0.6) is 5.75 Å². The Morgan fingerprint density at radius 1 is 1.30 bits per heavy atom. The van der Waals surface area contributed by atoms with E-state index in [1.807, 2.05) is 0 Å². The van der Waals surface area contributed by atoms with Crippen LogP contribution >= 0.6 is 39.3 Å². The number of amides is 1. The Morgan fingerprint density at radius 2 is 2.06 bits per heavy atom. The Kier molecular flexibility index (Phi) is 8.39. The Balaban J connectivity index is 2.07. The van der Waals surface area contributed by atoms with E-state index in [1.54, 1.807) is 49.4 Å². The van der Waals surface area contributed by atoms with Crippen molar-refractivity contribution < 1.29 is 24.2 Å². The number of ether oxygens (including phenoxy) is 2. The lowest BCUT2D eigenvalue weighted by Crippen LogP contribution is -2.14. The van der Waals surface area contributed by atoms with Crippen LogP contribution in [0.25, 0.3) is 6.08 Å². The number of carbonyl (C=O) groups is 2. The van der Waals surface area contributed by atoms with E-state index in [4.69, 9.17) is 27.5 Å². The van der Waals surface area contributed by atoms with Crippen molar-refractivity contribution >= 4 is 62.3 Å². The second kappa shape index (κ2) is 11.2. The fourth-order valence-electron chi connectivity index (χ4n) is 2.80. The van der Waals surface area contributed by atoms with Crippen LogP contribution < -0.4 is 4.74 Å². The van der Waals surface area contributed by atoms with Crippen LogP contribution in [-0.2, 0) is 9.53 Å². The first-order valence-electron chi connectivity index (χ1n) is 9.59. The molecule has 6 nitrogen and oxygen atoms in total. The molecule has 0 radical (unpaired) electrons. The van der Waals surface area contributed by atoms with Gasteiger partial charge in [0.25, 0.3) is 5.91 Å². The van der Waals surface area contributed by atoms with Gasteiger partial charge in [0.2, 0.25) is 0 Å². The number of hydrogen-bond acceptors (Lipinski definition) is 6. The van der Waals surface area contributed by atoms with Crippen LogP contribution in [0.15, 0.2) is 68.2 Å². The van der Waals surface area contributed by atoms with Gasteiger partial charge in [0.05, 0.1) is 22.1 Å². The van der Waals surface area contributed by atoms with E-state index in [0.717, 1.165) is 16.2 Å². The molecule has 0 aliphatic carbocycles. The largest absolute Gasteiger partial charge is 0.506 e. The molecule has 0 atom stereocenters. The molecule has 168 valence electrons. The maximum absolute atomic E-state index is 12.7. The Labute approximate surface area is 208 Å². The molecular weight excluding hydrogens is 530 g/mol. The summed E-state index contributed by atoms with van der Waals surface area (Å²) in [6, 6.07) is 11.7. The van der Waals surface area contributed by atoms with E-state index in [-0.39, 0.29) is 45.1 Å². The van der Waals surface area contributed by atoms with Gasteiger partial charge in [-0.15, -0.1) is 6.42 Å². The van der Waals surface area contributed by atoms with Crippen LogP contribution in [0.2, 0.25) is 5.02 Å². The number of thioether (sulfide) groups is 1. The topological polar surface area (TPSA) is 85.2 Å². The molecule has 0 aromatic heterocycles. The van der Waals surface area contributed by atoms with Gasteiger partial charge in [-0.25, -0.2) is 9.79 Å². The van der Waals surface area contributed by atoms with Crippen LogP contribution in [-0.4, -0.2) is 35.2 Å². The van der Waals surface area contributed by atoms with E-state index in [9.17, 15) is 14.7 Å². The lowest BCUT2D eigenvalue weighted by molar-refractivity contribution is -0.138. The Bertz CT molecular complexity index is 1250. The molecule has 0 saturated heterocycles. The molecule has 9 heteroatoms. The maximum Gasteiger partial charge on any atom is 0.344 e. The van der Waals surface area contributed by atoms with Gasteiger partial charge in [0.15, 0.2) is 0 Å². The molecule has 2 aromatic carbocycles. The monoisotopic (exact) mass is 545 g/mol. The molecular formula is C24H17BrClNO5S. The first kappa shape index (κ1) is 24.6. The zero-order chi connectivity index (χ0) is 24.0. The van der Waals surface area contributed by atoms with Gasteiger partial charge < -0.3 is 14.6 Å². The van der Waals surface area contributed by atoms with Crippen molar-refractivity contribution in [3.8, 4) is 18.1 Å². The van der Waals surface area contributed by atoms with Crippen molar-refractivity contribution in [2.75, 3.05) is 13.2 Å². The molecule has 0 unspecified atom stereocenters. The van der Waals surface area contributed by atoms with Gasteiger partial charge in [0, 0.05) is 10.0 Å². The van der Waals surface area contributed by atoms with Crippen molar-refractivity contribution in [3.05, 3.63) is 79.3 Å². The summed E-state index contributed by atoms with van der Waals surface area (Å²) >= 11 is 10.5. The van der Waals surface area contributed by atoms with Crippen molar-refractivity contribution in [1.29, 1.82) is 0 Å². The highest BCUT2D eigenvalue weighted by atomic mass is 79.9. The van der Waals surface area contributed by atoms with Crippen molar-refractivity contribution in [1.82, 2.24) is 0 Å². The zero-order valence-corrected chi connectivity index (χ0v) is 20.5. The lowest BCUT2D eigenvalue weighted by atomic mass is 10.1. The quantitative estimate of drug-likeness (QED) is 0.363. The van der Waals surface area contributed by atoms with E-state index in [0.29, 0.717) is 11.3 Å². The number of carbonyl (C=O) groups excluding carboxylic acids is 2. The molecule has 3 rings (SSSR count). The summed E-state index contributed by atoms with van der Waals surface area (Å²) in [4.78, 5) is 29.6. The molecule has 0 bridgehead atoms. The molecule has 1 aliphatic rings. The van der Waals surface area contributed by atoms with E-state index < -0.39 is 11.9 Å². The second-order valence-electron chi connectivity index (χ2n) is 6.43. The van der Waals surface area contributed by atoms with E-state index in [1.165, 1.54) is 6.07 Å². The predicted molar refractivity (Wildman–Crippen MR) is 134 cm³/mol. The third-order valence-electron chi connectivity index (χ3n) is 4.25. The normalized spacial score (nSPS) is 15.6. The number of aliphatic imine (C=N–C) groups is 1. The SMILES string of the molecule is C#CCOc1ccc(Br)cc1C=C1SC(=NC(=O)c2ccccc2Cl)C(C(=O)OCC)=C1O. The number of benzene rings is 2. The van der Waals surface area contributed by atoms with E-state index >= 15 is 0 Å². The highest BCUT2D eigenvalue weighted by Gasteiger charge is 2.34. The average Bonchev–Trinajstić information content (AvgIpc) is 3.08. The molecule has 1 heterocycles. The molecule has 33 heavy (non-hydrogen) atoms. The minimum atomic E-state index is -0.797. The number of nitrogens with zero attached hydrogens (tertiary/aromatic N) is 1. The predicted octanol–water partition coefficient (Wildman–Crippen LogP) is 5.82. The Morgan fingerprint density at radius 3 is 2.76 bits per heavy atom. The molecule has 0 spiro atoms. The summed E-state index contributed by atoms with van der Waals surface area (Å²) in [6.07, 6.45) is 6.89. The van der Waals surface area contributed by atoms with Gasteiger partial charge in [-0.05, 0) is 43.3 Å². The summed E-state index contributed by atoms with van der Waals surface area (Å²) in [6.45, 7) is 1.78. The third-order valence-corrected chi connectivity index (χ3v) is 6.09. The Hall–Kier alpha value is -2.99. The molecule has 1 N–H and O–H groups in total. The van der Waals surface area contributed by atoms with Crippen molar-refractivity contribution in [2.24, 2.45) is 4.99 Å². The van der Waals surface area contributed by atoms with Crippen LogP contribution in [0.3, 0.4) is 0 Å². The number of rotatable bonds is 6. The van der Waals surface area contributed by atoms with Gasteiger partial charge in [-0.3, -0.25) is 4.79 Å². The highest BCUT2D eigenvalue weighted by molar-refractivity contribution is 9.10. The summed E-state index contributed by atoms with van der Waals surface area (Å²) in [5, 5.41) is 11.1. The van der Waals surface area contributed by atoms with Crippen LogP contribution in [0.4, 0.5) is 0 Å². The fourth-order valence-corrected chi connectivity index (χ4v) is 4.40. The minimum Gasteiger partial charge on any atom is -0.506 e. The fraction of sp³-hybridized carbons (Fsp3) is 0.125. The van der Waals surface area contributed by atoms with E-state index in [2.05, 4.69) is 26.8 Å².